The van der Waals surface area contributed by atoms with Gasteiger partial charge in [-0.3, -0.25) is 14.4 Å². The Labute approximate surface area is 322 Å². The van der Waals surface area contributed by atoms with Crippen LogP contribution in [0.4, 0.5) is 15.5 Å². The number of thiophene rings is 1. The van der Waals surface area contributed by atoms with Gasteiger partial charge in [-0.05, 0) is 82.2 Å². The van der Waals surface area contributed by atoms with Crippen LogP contribution in [0.5, 0.6) is 5.75 Å². The molecule has 0 fully saturated rings. The molecule has 14 heteroatoms. The van der Waals surface area contributed by atoms with Crippen molar-refractivity contribution in [2.24, 2.45) is 0 Å². The molecular formula is C40H42N4O8S2. The number of ether oxygens (including phenoxy) is 3. The molecule has 1 aromatic heterocycles. The van der Waals surface area contributed by atoms with Crippen LogP contribution in [0, 0.1) is 0 Å². The van der Waals surface area contributed by atoms with Gasteiger partial charge >= 0.3 is 12.1 Å². The number of thioether (sulfide) groups is 1. The van der Waals surface area contributed by atoms with Crippen LogP contribution in [0.25, 0.3) is 6.08 Å². The van der Waals surface area contributed by atoms with E-state index in [4.69, 9.17) is 14.2 Å². The van der Waals surface area contributed by atoms with Crippen LogP contribution < -0.4 is 20.7 Å². The normalized spacial score (nSPS) is 13.2. The number of fused-ring (bicyclic) bond motifs is 1. The molecular weight excluding hydrogens is 729 g/mol. The summed E-state index contributed by atoms with van der Waals surface area (Å²) in [6.07, 6.45) is 1.50. The van der Waals surface area contributed by atoms with E-state index in [1.54, 1.807) is 111 Å². The highest BCUT2D eigenvalue weighted by Gasteiger charge is 2.33. The molecule has 5 rings (SSSR count). The molecule has 0 spiro atoms. The topological polar surface area (TPSA) is 152 Å². The number of para-hydroxylation sites is 1. The van der Waals surface area contributed by atoms with Crippen molar-refractivity contribution in [3.8, 4) is 5.75 Å². The maximum Gasteiger partial charge on any atom is 0.410 e. The van der Waals surface area contributed by atoms with E-state index >= 15 is 0 Å². The third kappa shape index (κ3) is 10.1. The van der Waals surface area contributed by atoms with Gasteiger partial charge < -0.3 is 35.1 Å². The first kappa shape index (κ1) is 39.6. The molecule has 0 radical (unpaired) electrons. The molecule has 1 unspecified atom stereocenters. The average Bonchev–Trinajstić information content (AvgIpc) is 3.51. The van der Waals surface area contributed by atoms with Crippen LogP contribution in [-0.4, -0.2) is 66.3 Å². The van der Waals surface area contributed by atoms with Gasteiger partial charge in [-0.2, -0.15) is 0 Å². The van der Waals surface area contributed by atoms with Gasteiger partial charge in [-0.1, -0.05) is 42.5 Å². The van der Waals surface area contributed by atoms with Gasteiger partial charge in [0.2, 0.25) is 5.91 Å². The molecule has 3 N–H and O–H groups in total. The zero-order valence-electron chi connectivity index (χ0n) is 30.8. The Kier molecular flexibility index (Phi) is 12.8. The van der Waals surface area contributed by atoms with Gasteiger partial charge in [0.1, 0.15) is 22.0 Å². The minimum absolute atomic E-state index is 0.00609. The zero-order valence-corrected chi connectivity index (χ0v) is 32.4. The highest BCUT2D eigenvalue weighted by Crippen LogP contribution is 2.39. The second-order valence-electron chi connectivity index (χ2n) is 13.2. The van der Waals surface area contributed by atoms with Crippen molar-refractivity contribution in [1.29, 1.82) is 0 Å². The van der Waals surface area contributed by atoms with Crippen LogP contribution >= 0.6 is 23.1 Å². The van der Waals surface area contributed by atoms with E-state index in [1.807, 2.05) is 6.07 Å². The first-order valence-electron chi connectivity index (χ1n) is 17.1. The Morgan fingerprint density at radius 3 is 2.35 bits per heavy atom. The maximum absolute atomic E-state index is 13.7. The van der Waals surface area contributed by atoms with E-state index in [0.717, 1.165) is 10.4 Å². The second kappa shape index (κ2) is 17.5. The van der Waals surface area contributed by atoms with Crippen LogP contribution in [0.15, 0.2) is 89.5 Å². The highest BCUT2D eigenvalue weighted by molar-refractivity contribution is 8.00. The third-order valence-corrected chi connectivity index (χ3v) is 10.3. The molecule has 4 amide bonds. The molecule has 0 aliphatic carbocycles. The number of nitrogens with one attached hydrogen (secondary N) is 3. The number of anilines is 2. The third-order valence-electron chi connectivity index (χ3n) is 8.08. The molecule has 54 heavy (non-hydrogen) atoms. The van der Waals surface area contributed by atoms with E-state index < -0.39 is 34.7 Å². The van der Waals surface area contributed by atoms with Crippen LogP contribution in [0.3, 0.4) is 0 Å². The lowest BCUT2D eigenvalue weighted by Crippen LogP contribution is -2.39. The predicted octanol–water partition coefficient (Wildman–Crippen LogP) is 7.37. The molecule has 1 atom stereocenters. The van der Waals surface area contributed by atoms with Gasteiger partial charge in [-0.25, -0.2) is 9.59 Å². The quantitative estimate of drug-likeness (QED) is 0.0807. The van der Waals surface area contributed by atoms with Crippen molar-refractivity contribution in [2.75, 3.05) is 31.4 Å². The monoisotopic (exact) mass is 770 g/mol. The summed E-state index contributed by atoms with van der Waals surface area (Å²) in [4.78, 5) is 69.0. The number of amides is 4. The van der Waals surface area contributed by atoms with Crippen LogP contribution in [0.2, 0.25) is 0 Å². The summed E-state index contributed by atoms with van der Waals surface area (Å²) in [5, 5.41) is 8.22. The molecule has 2 heterocycles. The molecule has 4 aromatic rings. The number of carbonyl (C=O) groups excluding carboxylic acids is 5. The second-order valence-corrected chi connectivity index (χ2v) is 15.7. The fraction of sp³-hybridized carbons (Fsp3) is 0.275. The standard InChI is InChI=1S/C40H42N4O8S2/c1-24(34(45)43-37-33(38(48)51-6)29-19-20-44(23-32(29)54-37)39(49)52-40(2,3)4)53-28-17-12-16-27(22-28)41-36(47)30(21-26-15-10-11-18-31(26)50-5)42-35(46)25-13-8-7-9-14-25/h7-18,21-22,24H,19-20,23H2,1-6H3,(H,41,47)(H,42,46)(H,43,45)/b30-21+. The number of carbonyl (C=O) groups is 5. The summed E-state index contributed by atoms with van der Waals surface area (Å²) < 4.78 is 16.1. The Bertz CT molecular complexity index is 2070. The molecule has 1 aliphatic rings. The molecule has 0 saturated carbocycles. The van der Waals surface area contributed by atoms with Crippen molar-refractivity contribution in [3.05, 3.63) is 112 Å². The zero-order chi connectivity index (χ0) is 39.0. The lowest BCUT2D eigenvalue weighted by atomic mass is 10.0. The highest BCUT2D eigenvalue weighted by atomic mass is 32.2. The predicted molar refractivity (Wildman–Crippen MR) is 210 cm³/mol. The van der Waals surface area contributed by atoms with Crippen molar-refractivity contribution >= 4 is 69.6 Å². The molecule has 3 aromatic carbocycles. The average molecular weight is 771 g/mol. The number of benzene rings is 3. The molecule has 0 bridgehead atoms. The van der Waals surface area contributed by atoms with Crippen LogP contribution in [-0.2, 0) is 32.0 Å². The Morgan fingerprint density at radius 1 is 0.926 bits per heavy atom. The first-order chi connectivity index (χ1) is 25.8. The van der Waals surface area contributed by atoms with E-state index in [1.165, 1.54) is 37.3 Å². The Morgan fingerprint density at radius 2 is 1.65 bits per heavy atom. The summed E-state index contributed by atoms with van der Waals surface area (Å²) in [5.41, 5.74) is 1.77. The van der Waals surface area contributed by atoms with E-state index in [-0.39, 0.29) is 23.7 Å². The fourth-order valence-corrected chi connectivity index (χ4v) is 7.67. The number of hydrogen-bond acceptors (Lipinski definition) is 10. The number of hydrogen-bond donors (Lipinski definition) is 3. The van der Waals surface area contributed by atoms with E-state index in [0.29, 0.717) is 45.4 Å². The summed E-state index contributed by atoms with van der Waals surface area (Å²) in [7, 11) is 2.80. The van der Waals surface area contributed by atoms with Gasteiger partial charge in [0.25, 0.3) is 11.8 Å². The lowest BCUT2D eigenvalue weighted by Gasteiger charge is -2.30. The van der Waals surface area contributed by atoms with Gasteiger partial charge in [0.05, 0.1) is 31.6 Å². The smallest absolute Gasteiger partial charge is 0.410 e. The van der Waals surface area contributed by atoms with Crippen molar-refractivity contribution < 1.29 is 38.2 Å². The summed E-state index contributed by atoms with van der Waals surface area (Å²) >= 11 is 2.49. The number of methoxy groups -OCH3 is 2. The first-order valence-corrected chi connectivity index (χ1v) is 18.8. The number of esters is 1. The summed E-state index contributed by atoms with van der Waals surface area (Å²) in [5.74, 6) is -1.44. The largest absolute Gasteiger partial charge is 0.496 e. The molecule has 282 valence electrons. The minimum atomic E-state index is -0.654. The van der Waals surface area contributed by atoms with Crippen LogP contribution in [0.1, 0.15) is 64.4 Å². The fourth-order valence-electron chi connectivity index (χ4n) is 5.49. The van der Waals surface area contributed by atoms with Gasteiger partial charge in [-0.15, -0.1) is 23.1 Å². The van der Waals surface area contributed by atoms with Gasteiger partial charge in [0.15, 0.2) is 0 Å². The lowest BCUT2D eigenvalue weighted by molar-refractivity contribution is -0.115. The number of rotatable bonds is 11. The maximum atomic E-state index is 13.7. The summed E-state index contributed by atoms with van der Waals surface area (Å²) in [6, 6.07) is 22.6. The molecule has 12 nitrogen and oxygen atoms in total. The number of nitrogens with zero attached hydrogens (tertiary/aromatic N) is 1. The molecule has 1 aliphatic heterocycles. The Hall–Kier alpha value is -5.60. The van der Waals surface area contributed by atoms with Crippen molar-refractivity contribution in [2.45, 2.75) is 56.4 Å². The molecule has 0 saturated heterocycles. The SMILES string of the molecule is COC(=O)c1c(NC(=O)C(C)Sc2cccc(NC(=O)/C(=C\c3ccccc3OC)NC(=O)c3ccccc3)c2)sc2c1CCN(C(=O)OC(C)(C)C)C2. The van der Waals surface area contributed by atoms with Crippen molar-refractivity contribution in [1.82, 2.24) is 10.2 Å². The Balaban J connectivity index is 1.30. The van der Waals surface area contributed by atoms with Gasteiger partial charge in [0, 0.05) is 33.1 Å². The van der Waals surface area contributed by atoms with E-state index in [9.17, 15) is 24.0 Å². The minimum Gasteiger partial charge on any atom is -0.496 e. The van der Waals surface area contributed by atoms with Crippen molar-refractivity contribution in [3.63, 3.8) is 0 Å². The summed E-state index contributed by atoms with van der Waals surface area (Å²) in [6.45, 7) is 7.72. The van der Waals surface area contributed by atoms with E-state index in [2.05, 4.69) is 16.0 Å².